The maximum absolute atomic E-state index is 4.02. The molecule has 0 unspecified atom stereocenters. The summed E-state index contributed by atoms with van der Waals surface area (Å²) in [5, 5.41) is 4.02. The molecule has 0 fully saturated rings. The molecule has 2 aromatic rings. The zero-order chi connectivity index (χ0) is 8.93. The van der Waals surface area contributed by atoms with Crippen molar-refractivity contribution in [2.75, 3.05) is 0 Å². The van der Waals surface area contributed by atoms with Crippen molar-refractivity contribution < 1.29 is 0 Å². The lowest BCUT2D eigenvalue weighted by atomic mass is 10.2. The molecule has 65 valence electrons. The van der Waals surface area contributed by atoms with E-state index in [4.69, 9.17) is 0 Å². The van der Waals surface area contributed by atoms with Crippen LogP contribution < -0.4 is 0 Å². The Kier molecular flexibility index (Phi) is 2.41. The Balaban J connectivity index is 1.94. The van der Waals surface area contributed by atoms with Gasteiger partial charge in [-0.1, -0.05) is 30.3 Å². The third kappa shape index (κ3) is 2.18. The molecule has 13 heavy (non-hydrogen) atoms. The summed E-state index contributed by atoms with van der Waals surface area (Å²) < 4.78 is 1.90. The number of aromatic nitrogens is 2. The standard InChI is InChI=1S/C11H11N2/c1-2-5-11(6-3-1)7-10-13-9-4-8-12-13/h1-6,9H,7,10H2. The Hall–Kier alpha value is -1.57. The highest BCUT2D eigenvalue weighted by Crippen LogP contribution is 2.00. The van der Waals surface area contributed by atoms with Crippen molar-refractivity contribution in [3.05, 3.63) is 54.4 Å². The van der Waals surface area contributed by atoms with Crippen LogP contribution in [0.1, 0.15) is 5.56 Å². The minimum Gasteiger partial charge on any atom is -0.272 e. The molecule has 1 aromatic heterocycles. The van der Waals surface area contributed by atoms with Gasteiger partial charge in [0.15, 0.2) is 0 Å². The Labute approximate surface area is 77.8 Å². The van der Waals surface area contributed by atoms with E-state index in [1.165, 1.54) is 5.56 Å². The molecule has 1 heterocycles. The minimum atomic E-state index is 0.924. The Morgan fingerprint density at radius 1 is 1.23 bits per heavy atom. The highest BCUT2D eigenvalue weighted by Gasteiger charge is 1.92. The highest BCUT2D eigenvalue weighted by molar-refractivity contribution is 5.14. The first-order valence-electron chi connectivity index (χ1n) is 4.38. The molecule has 0 saturated carbocycles. The predicted molar refractivity (Wildman–Crippen MR) is 51.2 cm³/mol. The second-order valence-corrected chi connectivity index (χ2v) is 2.94. The first kappa shape index (κ1) is 8.05. The summed E-state index contributed by atoms with van der Waals surface area (Å²) in [6.07, 6.45) is 5.74. The molecule has 0 aliphatic rings. The van der Waals surface area contributed by atoms with Crippen molar-refractivity contribution in [1.82, 2.24) is 9.78 Å². The van der Waals surface area contributed by atoms with Crippen molar-refractivity contribution >= 4 is 0 Å². The first-order valence-corrected chi connectivity index (χ1v) is 4.38. The third-order valence-electron chi connectivity index (χ3n) is 1.98. The molecule has 0 spiro atoms. The first-order chi connectivity index (χ1) is 6.45. The van der Waals surface area contributed by atoms with Crippen LogP contribution in [0, 0.1) is 6.20 Å². The topological polar surface area (TPSA) is 17.8 Å². The highest BCUT2D eigenvalue weighted by atomic mass is 15.3. The summed E-state index contributed by atoms with van der Waals surface area (Å²) in [6, 6.07) is 12.2. The molecule has 2 rings (SSSR count). The van der Waals surface area contributed by atoms with Gasteiger partial charge in [0, 0.05) is 12.7 Å². The van der Waals surface area contributed by atoms with Crippen LogP contribution in [0.2, 0.25) is 0 Å². The van der Waals surface area contributed by atoms with E-state index in [0.717, 1.165) is 13.0 Å². The van der Waals surface area contributed by atoms with Gasteiger partial charge in [-0.25, -0.2) is 0 Å². The fourth-order valence-electron chi connectivity index (χ4n) is 1.27. The summed E-state index contributed by atoms with van der Waals surface area (Å²) in [6.45, 7) is 0.924. The van der Waals surface area contributed by atoms with Gasteiger partial charge >= 0.3 is 0 Å². The summed E-state index contributed by atoms with van der Waals surface area (Å²) >= 11 is 0. The molecule has 0 bridgehead atoms. The van der Waals surface area contributed by atoms with Gasteiger partial charge in [0.05, 0.1) is 0 Å². The molecule has 0 aliphatic carbocycles. The number of benzene rings is 1. The molecular formula is C11H11N2. The van der Waals surface area contributed by atoms with Gasteiger partial charge in [-0.05, 0) is 18.1 Å². The molecule has 2 heteroatoms. The van der Waals surface area contributed by atoms with E-state index in [0.29, 0.717) is 0 Å². The summed E-state index contributed by atoms with van der Waals surface area (Å²) in [5.41, 5.74) is 1.35. The van der Waals surface area contributed by atoms with E-state index in [-0.39, 0.29) is 0 Å². The van der Waals surface area contributed by atoms with Crippen molar-refractivity contribution in [3.63, 3.8) is 0 Å². The van der Waals surface area contributed by atoms with Gasteiger partial charge < -0.3 is 0 Å². The van der Waals surface area contributed by atoms with Gasteiger partial charge in [0.25, 0.3) is 0 Å². The average molecular weight is 171 g/mol. The summed E-state index contributed by atoms with van der Waals surface area (Å²) in [4.78, 5) is 0. The SMILES string of the molecule is [c]1ccn(CCc2ccccc2)n1. The van der Waals surface area contributed by atoms with Crippen molar-refractivity contribution in [3.8, 4) is 0 Å². The minimum absolute atomic E-state index is 0.924. The third-order valence-corrected chi connectivity index (χ3v) is 1.98. The maximum Gasteiger partial charge on any atom is 0.113 e. The van der Waals surface area contributed by atoms with E-state index in [1.807, 2.05) is 23.0 Å². The smallest absolute Gasteiger partial charge is 0.113 e. The second-order valence-electron chi connectivity index (χ2n) is 2.94. The van der Waals surface area contributed by atoms with Crippen LogP contribution >= 0.6 is 0 Å². The van der Waals surface area contributed by atoms with Crippen LogP contribution in [0.4, 0.5) is 0 Å². The second kappa shape index (κ2) is 3.90. The lowest BCUT2D eigenvalue weighted by Crippen LogP contribution is -2.01. The zero-order valence-electron chi connectivity index (χ0n) is 7.35. The number of nitrogens with zero attached hydrogens (tertiary/aromatic N) is 2. The summed E-state index contributed by atoms with van der Waals surface area (Å²) in [5.74, 6) is 0. The van der Waals surface area contributed by atoms with Crippen LogP contribution in [-0.4, -0.2) is 9.78 Å². The normalized spacial score (nSPS) is 10.2. The van der Waals surface area contributed by atoms with Crippen LogP contribution in [-0.2, 0) is 13.0 Å². The lowest BCUT2D eigenvalue weighted by molar-refractivity contribution is 0.614. The summed E-state index contributed by atoms with van der Waals surface area (Å²) in [7, 11) is 0. The predicted octanol–water partition coefficient (Wildman–Crippen LogP) is 1.93. The van der Waals surface area contributed by atoms with Gasteiger partial charge in [0.1, 0.15) is 6.20 Å². The molecular weight excluding hydrogens is 160 g/mol. The van der Waals surface area contributed by atoms with Crippen molar-refractivity contribution in [2.24, 2.45) is 0 Å². The van der Waals surface area contributed by atoms with E-state index >= 15 is 0 Å². The lowest BCUT2D eigenvalue weighted by Gasteiger charge is -2.00. The van der Waals surface area contributed by atoms with Gasteiger partial charge in [-0.3, -0.25) is 4.68 Å². The van der Waals surface area contributed by atoms with Gasteiger partial charge in [-0.15, -0.1) is 0 Å². The maximum atomic E-state index is 4.02. The van der Waals surface area contributed by atoms with Crippen molar-refractivity contribution in [2.45, 2.75) is 13.0 Å². The van der Waals surface area contributed by atoms with E-state index in [1.54, 1.807) is 0 Å². The van der Waals surface area contributed by atoms with Crippen LogP contribution in [0.15, 0.2) is 42.6 Å². The molecule has 0 amide bonds. The molecule has 0 saturated heterocycles. The monoisotopic (exact) mass is 171 g/mol. The van der Waals surface area contributed by atoms with Crippen LogP contribution in [0.5, 0.6) is 0 Å². The zero-order valence-corrected chi connectivity index (χ0v) is 7.35. The van der Waals surface area contributed by atoms with Crippen LogP contribution in [0.25, 0.3) is 0 Å². The van der Waals surface area contributed by atoms with E-state index in [2.05, 4.69) is 35.6 Å². The molecule has 1 aromatic carbocycles. The number of aryl methyl sites for hydroxylation is 2. The van der Waals surface area contributed by atoms with Crippen LogP contribution in [0.3, 0.4) is 0 Å². The molecule has 2 nitrogen and oxygen atoms in total. The van der Waals surface area contributed by atoms with Gasteiger partial charge in [0.2, 0.25) is 0 Å². The van der Waals surface area contributed by atoms with E-state index < -0.39 is 0 Å². The Morgan fingerprint density at radius 3 is 2.77 bits per heavy atom. The van der Waals surface area contributed by atoms with E-state index in [9.17, 15) is 0 Å². The molecule has 0 aliphatic heterocycles. The molecule has 1 radical (unpaired) electrons. The molecule has 0 atom stereocenters. The molecule has 0 N–H and O–H groups in total. The Morgan fingerprint density at radius 2 is 2.08 bits per heavy atom. The quantitative estimate of drug-likeness (QED) is 0.690. The van der Waals surface area contributed by atoms with Crippen molar-refractivity contribution in [1.29, 1.82) is 0 Å². The number of hydrogen-bond acceptors (Lipinski definition) is 1. The number of hydrogen-bond donors (Lipinski definition) is 0. The van der Waals surface area contributed by atoms with Gasteiger partial charge in [-0.2, -0.15) is 5.10 Å². The number of rotatable bonds is 3. The Bertz CT molecular complexity index is 338. The fraction of sp³-hybridized carbons (Fsp3) is 0.182. The largest absolute Gasteiger partial charge is 0.272 e. The average Bonchev–Trinajstić information content (AvgIpc) is 2.69. The fourth-order valence-corrected chi connectivity index (χ4v) is 1.27.